The number of anilines is 2. The summed E-state index contributed by atoms with van der Waals surface area (Å²) in [6.45, 7) is 1.98. The van der Waals surface area contributed by atoms with E-state index in [1.807, 2.05) is 54.2 Å². The molecule has 0 saturated carbocycles. The van der Waals surface area contributed by atoms with Crippen LogP contribution in [0.5, 0.6) is 0 Å². The van der Waals surface area contributed by atoms with Crippen molar-refractivity contribution in [2.45, 2.75) is 6.92 Å². The maximum atomic E-state index is 4.57. The first kappa shape index (κ1) is 13.4. The molecule has 0 radical (unpaired) electrons. The van der Waals surface area contributed by atoms with Gasteiger partial charge in [-0.15, -0.1) is 0 Å². The first-order chi connectivity index (χ1) is 11.3. The van der Waals surface area contributed by atoms with E-state index in [-0.39, 0.29) is 0 Å². The highest BCUT2D eigenvalue weighted by molar-refractivity contribution is 5.84. The summed E-state index contributed by atoms with van der Waals surface area (Å²) in [7, 11) is 0. The quantitative estimate of drug-likeness (QED) is 0.629. The van der Waals surface area contributed by atoms with Gasteiger partial charge in [0.1, 0.15) is 0 Å². The molecule has 0 aliphatic carbocycles. The van der Waals surface area contributed by atoms with Gasteiger partial charge in [-0.25, -0.2) is 14.6 Å². The summed E-state index contributed by atoms with van der Waals surface area (Å²) in [4.78, 5) is 13.2. The Hall–Kier alpha value is -3.28. The fourth-order valence-electron chi connectivity index (χ4n) is 2.46. The minimum absolute atomic E-state index is 0.565. The van der Waals surface area contributed by atoms with Crippen LogP contribution in [0.15, 0.2) is 61.2 Å². The van der Waals surface area contributed by atoms with Crippen LogP contribution in [-0.2, 0) is 0 Å². The topological polar surface area (TPSA) is 68.5 Å². The van der Waals surface area contributed by atoms with Crippen molar-refractivity contribution in [3.05, 3.63) is 66.9 Å². The second-order valence-electron chi connectivity index (χ2n) is 5.15. The van der Waals surface area contributed by atoms with Crippen LogP contribution in [0.4, 0.5) is 11.6 Å². The van der Waals surface area contributed by atoms with E-state index < -0.39 is 0 Å². The van der Waals surface area contributed by atoms with E-state index in [4.69, 9.17) is 0 Å². The monoisotopic (exact) mass is 302 g/mol. The largest absolute Gasteiger partial charge is 0.323 e. The Bertz CT molecular complexity index is 948. The number of fused-ring (bicyclic) bond motifs is 1. The lowest BCUT2D eigenvalue weighted by Gasteiger charge is -2.09. The van der Waals surface area contributed by atoms with Gasteiger partial charge in [0.05, 0.1) is 28.8 Å². The zero-order valence-corrected chi connectivity index (χ0v) is 12.5. The second-order valence-corrected chi connectivity index (χ2v) is 5.15. The molecule has 0 aliphatic heterocycles. The fourth-order valence-corrected chi connectivity index (χ4v) is 2.46. The first-order valence-corrected chi connectivity index (χ1v) is 7.25. The Balaban J connectivity index is 1.75. The number of pyridine rings is 1. The molecule has 0 bridgehead atoms. The highest BCUT2D eigenvalue weighted by Gasteiger charge is 2.07. The Kier molecular flexibility index (Phi) is 3.20. The summed E-state index contributed by atoms with van der Waals surface area (Å²) in [6, 6.07) is 11.7. The summed E-state index contributed by atoms with van der Waals surface area (Å²) in [5.74, 6) is 0.565. The summed E-state index contributed by atoms with van der Waals surface area (Å²) in [5, 5.41) is 8.44. The minimum Gasteiger partial charge on any atom is -0.323 e. The number of rotatable bonds is 3. The van der Waals surface area contributed by atoms with Gasteiger partial charge in [-0.1, -0.05) is 0 Å². The predicted molar refractivity (Wildman–Crippen MR) is 88.9 cm³/mol. The van der Waals surface area contributed by atoms with Crippen LogP contribution in [0.3, 0.4) is 0 Å². The molecule has 0 atom stereocenters. The van der Waals surface area contributed by atoms with E-state index in [1.165, 1.54) is 0 Å². The molecule has 1 aromatic carbocycles. The molecule has 3 heterocycles. The molecule has 4 rings (SSSR count). The van der Waals surface area contributed by atoms with E-state index >= 15 is 0 Å². The molecule has 1 N–H and O–H groups in total. The van der Waals surface area contributed by atoms with Crippen LogP contribution in [0.1, 0.15) is 5.69 Å². The maximum absolute atomic E-state index is 4.57. The molecule has 4 aromatic rings. The van der Waals surface area contributed by atoms with Crippen molar-refractivity contribution >= 4 is 22.5 Å². The number of benzene rings is 1. The number of aryl methyl sites for hydroxylation is 1. The van der Waals surface area contributed by atoms with Gasteiger partial charge in [0, 0.05) is 24.0 Å². The molecular weight excluding hydrogens is 288 g/mol. The molecule has 23 heavy (non-hydrogen) atoms. The lowest BCUT2D eigenvalue weighted by molar-refractivity contribution is 0.881. The van der Waals surface area contributed by atoms with Crippen molar-refractivity contribution in [1.29, 1.82) is 0 Å². The number of nitrogens with zero attached hydrogens (tertiary/aromatic N) is 5. The van der Waals surface area contributed by atoms with E-state index in [0.717, 1.165) is 28.0 Å². The summed E-state index contributed by atoms with van der Waals surface area (Å²) in [5.41, 5.74) is 3.65. The van der Waals surface area contributed by atoms with Crippen LogP contribution in [0, 0.1) is 6.92 Å². The lowest BCUT2D eigenvalue weighted by Crippen LogP contribution is -2.01. The van der Waals surface area contributed by atoms with Crippen molar-refractivity contribution in [2.75, 3.05) is 5.32 Å². The molecule has 0 unspecified atom stereocenters. The van der Waals surface area contributed by atoms with E-state index in [0.29, 0.717) is 5.95 Å². The van der Waals surface area contributed by atoms with Gasteiger partial charge in [0.2, 0.25) is 5.95 Å². The van der Waals surface area contributed by atoms with Gasteiger partial charge < -0.3 is 5.32 Å². The van der Waals surface area contributed by atoms with Gasteiger partial charge in [0.15, 0.2) is 0 Å². The Labute approximate surface area is 132 Å². The summed E-state index contributed by atoms with van der Waals surface area (Å²) < 4.78 is 1.82. The van der Waals surface area contributed by atoms with Gasteiger partial charge >= 0.3 is 0 Å². The number of nitrogens with one attached hydrogen (secondary N) is 1. The highest BCUT2D eigenvalue weighted by atomic mass is 15.3. The summed E-state index contributed by atoms with van der Waals surface area (Å²) >= 11 is 0. The van der Waals surface area contributed by atoms with E-state index in [9.17, 15) is 0 Å². The average molecular weight is 302 g/mol. The molecule has 6 heteroatoms. The van der Waals surface area contributed by atoms with E-state index in [2.05, 4.69) is 25.4 Å². The maximum Gasteiger partial charge on any atom is 0.228 e. The lowest BCUT2D eigenvalue weighted by atomic mass is 10.2. The SMILES string of the molecule is Cc1nc(Nc2cccnc2)nc2ccc(-n3cccn3)cc12. The molecule has 0 spiro atoms. The Morgan fingerprint density at radius 1 is 1.04 bits per heavy atom. The third kappa shape index (κ3) is 2.62. The number of hydrogen-bond donors (Lipinski definition) is 1. The van der Waals surface area contributed by atoms with Crippen LogP contribution in [0.25, 0.3) is 16.6 Å². The average Bonchev–Trinajstić information content (AvgIpc) is 3.10. The van der Waals surface area contributed by atoms with Crippen LogP contribution >= 0.6 is 0 Å². The Morgan fingerprint density at radius 3 is 2.78 bits per heavy atom. The third-order valence-electron chi connectivity index (χ3n) is 3.56. The van der Waals surface area contributed by atoms with Crippen molar-refractivity contribution in [2.24, 2.45) is 0 Å². The van der Waals surface area contributed by atoms with Crippen LogP contribution < -0.4 is 5.32 Å². The molecule has 112 valence electrons. The summed E-state index contributed by atoms with van der Waals surface area (Å²) in [6.07, 6.45) is 7.14. The number of aromatic nitrogens is 5. The zero-order valence-electron chi connectivity index (χ0n) is 12.5. The molecule has 3 aromatic heterocycles. The van der Waals surface area contributed by atoms with Crippen LogP contribution in [-0.4, -0.2) is 24.7 Å². The standard InChI is InChI=1S/C17H14N6/c1-12-15-10-14(23-9-3-8-19-23)5-6-16(15)22-17(20-12)21-13-4-2-7-18-11-13/h2-11H,1H3,(H,20,21,22). The normalized spacial score (nSPS) is 10.8. The van der Waals surface area contributed by atoms with Crippen LogP contribution in [0.2, 0.25) is 0 Å². The molecular formula is C17H14N6. The molecule has 0 aliphatic rings. The molecule has 0 saturated heterocycles. The molecule has 0 amide bonds. The molecule has 0 fully saturated rings. The van der Waals surface area contributed by atoms with Crippen molar-refractivity contribution in [3.63, 3.8) is 0 Å². The Morgan fingerprint density at radius 2 is 2.00 bits per heavy atom. The van der Waals surface area contributed by atoms with Crippen molar-refractivity contribution in [3.8, 4) is 5.69 Å². The predicted octanol–water partition coefficient (Wildman–Crippen LogP) is 3.26. The van der Waals surface area contributed by atoms with Gasteiger partial charge in [0.25, 0.3) is 0 Å². The second kappa shape index (κ2) is 5.49. The van der Waals surface area contributed by atoms with Gasteiger partial charge in [-0.05, 0) is 43.3 Å². The zero-order chi connectivity index (χ0) is 15.6. The third-order valence-corrected chi connectivity index (χ3v) is 3.56. The van der Waals surface area contributed by atoms with Crippen molar-refractivity contribution in [1.82, 2.24) is 24.7 Å². The molecule has 6 nitrogen and oxygen atoms in total. The van der Waals surface area contributed by atoms with Gasteiger partial charge in [-0.2, -0.15) is 5.10 Å². The highest BCUT2D eigenvalue weighted by Crippen LogP contribution is 2.22. The number of hydrogen-bond acceptors (Lipinski definition) is 5. The smallest absolute Gasteiger partial charge is 0.228 e. The fraction of sp³-hybridized carbons (Fsp3) is 0.0588. The first-order valence-electron chi connectivity index (χ1n) is 7.25. The van der Waals surface area contributed by atoms with Gasteiger partial charge in [-0.3, -0.25) is 4.98 Å². The van der Waals surface area contributed by atoms with Crippen molar-refractivity contribution < 1.29 is 0 Å². The minimum atomic E-state index is 0.565. The van der Waals surface area contributed by atoms with E-state index in [1.54, 1.807) is 18.6 Å².